The average Bonchev–Trinajstić information content (AvgIpc) is 3.05. The summed E-state index contributed by atoms with van der Waals surface area (Å²) in [5.41, 5.74) is 3.72. The van der Waals surface area contributed by atoms with Crippen molar-refractivity contribution in [1.29, 1.82) is 0 Å². The Balaban J connectivity index is 2.03. The summed E-state index contributed by atoms with van der Waals surface area (Å²) < 4.78 is 0. The molecule has 0 amide bonds. The number of aromatic amines is 1. The van der Waals surface area contributed by atoms with Crippen LogP contribution in [0.4, 0.5) is 0 Å². The Morgan fingerprint density at radius 2 is 2.21 bits per heavy atom. The number of aryl methyl sites for hydroxylation is 1. The van der Waals surface area contributed by atoms with Crippen LogP contribution in [-0.4, -0.2) is 16.5 Å². The van der Waals surface area contributed by atoms with Crippen molar-refractivity contribution < 1.29 is 0 Å². The number of H-pyrrole nitrogens is 1. The van der Waals surface area contributed by atoms with Crippen LogP contribution < -0.4 is 5.32 Å². The van der Waals surface area contributed by atoms with E-state index in [2.05, 4.69) is 42.3 Å². The highest BCUT2D eigenvalue weighted by molar-refractivity contribution is 5.76. The van der Waals surface area contributed by atoms with Gasteiger partial charge in [-0.1, -0.05) is 26.3 Å². The summed E-state index contributed by atoms with van der Waals surface area (Å²) in [5, 5.41) is 3.68. The molecule has 0 radical (unpaired) electrons. The highest BCUT2D eigenvalue weighted by Crippen LogP contribution is 2.34. The molecular formula is C16H23N3. The van der Waals surface area contributed by atoms with Crippen LogP contribution in [0.2, 0.25) is 0 Å². The average molecular weight is 257 g/mol. The molecule has 1 aliphatic heterocycles. The van der Waals surface area contributed by atoms with Gasteiger partial charge in [0.1, 0.15) is 5.82 Å². The van der Waals surface area contributed by atoms with E-state index in [-0.39, 0.29) is 5.54 Å². The van der Waals surface area contributed by atoms with Crippen LogP contribution in [0.5, 0.6) is 0 Å². The third-order valence-corrected chi connectivity index (χ3v) is 4.33. The summed E-state index contributed by atoms with van der Waals surface area (Å²) >= 11 is 0. The zero-order chi connectivity index (χ0) is 13.3. The molecule has 0 aliphatic carbocycles. The van der Waals surface area contributed by atoms with Gasteiger partial charge in [0.2, 0.25) is 0 Å². The van der Waals surface area contributed by atoms with E-state index in [0.717, 1.165) is 30.7 Å². The van der Waals surface area contributed by atoms with Crippen LogP contribution in [0.25, 0.3) is 11.0 Å². The topological polar surface area (TPSA) is 40.7 Å². The second-order valence-corrected chi connectivity index (χ2v) is 5.65. The molecule has 2 N–H and O–H groups in total. The molecule has 1 atom stereocenters. The number of benzene rings is 1. The first-order chi connectivity index (χ1) is 9.27. The van der Waals surface area contributed by atoms with Crippen molar-refractivity contribution in [3.05, 3.63) is 29.6 Å². The lowest BCUT2D eigenvalue weighted by molar-refractivity contribution is 0.338. The SMILES string of the molecule is CCCC1(c2nc3ccc(CC)cc3[nH]2)CCCN1. The fourth-order valence-electron chi connectivity index (χ4n) is 3.27. The summed E-state index contributed by atoms with van der Waals surface area (Å²) in [7, 11) is 0. The van der Waals surface area contributed by atoms with Gasteiger partial charge in [-0.05, 0) is 49.9 Å². The van der Waals surface area contributed by atoms with Gasteiger partial charge in [0.15, 0.2) is 0 Å². The van der Waals surface area contributed by atoms with Crippen LogP contribution in [0.1, 0.15) is 50.9 Å². The molecule has 3 rings (SSSR count). The molecule has 19 heavy (non-hydrogen) atoms. The van der Waals surface area contributed by atoms with E-state index < -0.39 is 0 Å². The zero-order valence-electron chi connectivity index (χ0n) is 11.9. The van der Waals surface area contributed by atoms with Crippen molar-refractivity contribution in [2.75, 3.05) is 6.54 Å². The third kappa shape index (κ3) is 2.16. The van der Waals surface area contributed by atoms with Gasteiger partial charge in [-0.25, -0.2) is 4.98 Å². The first-order valence-electron chi connectivity index (χ1n) is 7.51. The van der Waals surface area contributed by atoms with Crippen LogP contribution in [0.3, 0.4) is 0 Å². The molecular weight excluding hydrogens is 234 g/mol. The van der Waals surface area contributed by atoms with Crippen molar-refractivity contribution >= 4 is 11.0 Å². The van der Waals surface area contributed by atoms with Gasteiger partial charge in [-0.15, -0.1) is 0 Å². The lowest BCUT2D eigenvalue weighted by Crippen LogP contribution is -2.37. The van der Waals surface area contributed by atoms with Crippen molar-refractivity contribution in [3.63, 3.8) is 0 Å². The molecule has 2 heterocycles. The molecule has 0 spiro atoms. The van der Waals surface area contributed by atoms with E-state index >= 15 is 0 Å². The second-order valence-electron chi connectivity index (χ2n) is 5.65. The summed E-state index contributed by atoms with van der Waals surface area (Å²) in [6.45, 7) is 5.55. The number of imidazole rings is 1. The quantitative estimate of drug-likeness (QED) is 0.880. The van der Waals surface area contributed by atoms with E-state index in [9.17, 15) is 0 Å². The first kappa shape index (κ1) is 12.7. The number of rotatable bonds is 4. The van der Waals surface area contributed by atoms with Gasteiger partial charge in [0, 0.05) is 0 Å². The minimum Gasteiger partial charge on any atom is -0.340 e. The standard InChI is InChI=1S/C16H23N3/c1-3-8-16(9-5-10-17-16)15-18-13-7-6-12(4-2)11-14(13)19-15/h6-7,11,17H,3-5,8-10H2,1-2H3,(H,18,19). The predicted molar refractivity (Wildman–Crippen MR) is 79.3 cm³/mol. The highest BCUT2D eigenvalue weighted by Gasteiger charge is 2.37. The summed E-state index contributed by atoms with van der Waals surface area (Å²) in [6, 6.07) is 6.56. The molecule has 1 aromatic heterocycles. The molecule has 1 aliphatic rings. The molecule has 1 fully saturated rings. The molecule has 102 valence electrons. The number of fused-ring (bicyclic) bond motifs is 1. The minimum atomic E-state index is 0.0835. The number of hydrogen-bond donors (Lipinski definition) is 2. The molecule has 1 saturated heterocycles. The van der Waals surface area contributed by atoms with Gasteiger partial charge in [-0.2, -0.15) is 0 Å². The lowest BCUT2D eigenvalue weighted by atomic mass is 9.91. The molecule has 1 aromatic carbocycles. The van der Waals surface area contributed by atoms with Gasteiger partial charge in [0.25, 0.3) is 0 Å². The fourth-order valence-corrected chi connectivity index (χ4v) is 3.27. The predicted octanol–water partition coefficient (Wildman–Crippen LogP) is 3.50. The van der Waals surface area contributed by atoms with Gasteiger partial charge in [0.05, 0.1) is 16.6 Å². The van der Waals surface area contributed by atoms with E-state index in [1.807, 2.05) is 0 Å². The highest BCUT2D eigenvalue weighted by atomic mass is 15.1. The Labute approximate surface area is 114 Å². The molecule has 3 nitrogen and oxygen atoms in total. The van der Waals surface area contributed by atoms with Crippen LogP contribution in [-0.2, 0) is 12.0 Å². The smallest absolute Gasteiger partial charge is 0.127 e. The number of hydrogen-bond acceptors (Lipinski definition) is 2. The van der Waals surface area contributed by atoms with Gasteiger partial charge in [-0.3, -0.25) is 0 Å². The minimum absolute atomic E-state index is 0.0835. The van der Waals surface area contributed by atoms with Crippen molar-refractivity contribution in [1.82, 2.24) is 15.3 Å². The number of nitrogens with one attached hydrogen (secondary N) is 2. The van der Waals surface area contributed by atoms with Crippen LogP contribution >= 0.6 is 0 Å². The first-order valence-corrected chi connectivity index (χ1v) is 7.51. The maximum absolute atomic E-state index is 4.84. The molecule has 2 aromatic rings. The van der Waals surface area contributed by atoms with Gasteiger partial charge >= 0.3 is 0 Å². The molecule has 0 saturated carbocycles. The van der Waals surface area contributed by atoms with Crippen LogP contribution in [0, 0.1) is 0 Å². The Morgan fingerprint density at radius 3 is 2.89 bits per heavy atom. The Morgan fingerprint density at radius 1 is 1.32 bits per heavy atom. The zero-order valence-corrected chi connectivity index (χ0v) is 11.9. The number of nitrogens with zero attached hydrogens (tertiary/aromatic N) is 1. The maximum Gasteiger partial charge on any atom is 0.127 e. The van der Waals surface area contributed by atoms with E-state index in [1.165, 1.54) is 30.3 Å². The molecule has 1 unspecified atom stereocenters. The van der Waals surface area contributed by atoms with Crippen molar-refractivity contribution in [2.45, 2.75) is 51.5 Å². The Bertz CT molecular complexity index is 564. The lowest BCUT2D eigenvalue weighted by Gasteiger charge is -2.26. The summed E-state index contributed by atoms with van der Waals surface area (Å²) in [5.74, 6) is 1.13. The summed E-state index contributed by atoms with van der Waals surface area (Å²) in [6.07, 6.45) is 5.86. The monoisotopic (exact) mass is 257 g/mol. The third-order valence-electron chi connectivity index (χ3n) is 4.33. The largest absolute Gasteiger partial charge is 0.340 e. The Kier molecular flexibility index (Phi) is 3.31. The van der Waals surface area contributed by atoms with Crippen molar-refractivity contribution in [2.24, 2.45) is 0 Å². The van der Waals surface area contributed by atoms with Crippen molar-refractivity contribution in [3.8, 4) is 0 Å². The van der Waals surface area contributed by atoms with Gasteiger partial charge < -0.3 is 10.3 Å². The maximum atomic E-state index is 4.84. The van der Waals surface area contributed by atoms with E-state index in [1.54, 1.807) is 0 Å². The Hall–Kier alpha value is -1.35. The number of aromatic nitrogens is 2. The van der Waals surface area contributed by atoms with E-state index in [0.29, 0.717) is 0 Å². The molecule has 0 bridgehead atoms. The van der Waals surface area contributed by atoms with E-state index in [4.69, 9.17) is 4.98 Å². The van der Waals surface area contributed by atoms with Crippen LogP contribution in [0.15, 0.2) is 18.2 Å². The summed E-state index contributed by atoms with van der Waals surface area (Å²) in [4.78, 5) is 8.41. The fraction of sp³-hybridized carbons (Fsp3) is 0.562. The normalized spacial score (nSPS) is 23.3. The molecule has 3 heteroatoms. The second kappa shape index (κ2) is 4.97.